The summed E-state index contributed by atoms with van der Waals surface area (Å²) in [6.07, 6.45) is -1.71. The van der Waals surface area contributed by atoms with E-state index in [2.05, 4.69) is 5.32 Å². The first-order valence-corrected chi connectivity index (χ1v) is 12.0. The third-order valence-electron chi connectivity index (χ3n) is 5.01. The molecule has 1 saturated heterocycles. The summed E-state index contributed by atoms with van der Waals surface area (Å²) in [7, 11) is -3.90. The van der Waals surface area contributed by atoms with Crippen LogP contribution in [0.1, 0.15) is 17.5 Å². The number of amides is 2. The predicted molar refractivity (Wildman–Crippen MR) is 120 cm³/mol. The molecule has 1 unspecified atom stereocenters. The number of carbonyl (C=O) groups is 2. The van der Waals surface area contributed by atoms with Crippen LogP contribution in [0.4, 0.5) is 4.79 Å². The summed E-state index contributed by atoms with van der Waals surface area (Å²) in [6, 6.07) is 17.8. The van der Waals surface area contributed by atoms with Crippen molar-refractivity contribution in [3.8, 4) is 0 Å². The van der Waals surface area contributed by atoms with Crippen LogP contribution in [0.25, 0.3) is 0 Å². The fourth-order valence-corrected chi connectivity index (χ4v) is 5.21. The third kappa shape index (κ3) is 6.06. The lowest BCUT2D eigenvalue weighted by atomic mass is 10.2. The molecule has 1 fully saturated rings. The van der Waals surface area contributed by atoms with Gasteiger partial charge in [0.15, 0.2) is 6.17 Å². The fourth-order valence-electron chi connectivity index (χ4n) is 3.51. The maximum atomic E-state index is 13.2. The van der Waals surface area contributed by atoms with E-state index < -0.39 is 28.2 Å². The van der Waals surface area contributed by atoms with Crippen molar-refractivity contribution >= 4 is 22.0 Å². The van der Waals surface area contributed by atoms with Crippen molar-refractivity contribution in [3.05, 3.63) is 71.8 Å². The van der Waals surface area contributed by atoms with E-state index in [1.165, 1.54) is 4.90 Å². The summed E-state index contributed by atoms with van der Waals surface area (Å²) in [5, 5.41) is 2.61. The number of benzene rings is 2. The summed E-state index contributed by atoms with van der Waals surface area (Å²) in [5.41, 5.74) is 6.87. The lowest BCUT2D eigenvalue weighted by Crippen LogP contribution is -2.63. The van der Waals surface area contributed by atoms with Gasteiger partial charge in [-0.2, -0.15) is 4.31 Å². The smallest absolute Gasteiger partial charge is 0.411 e. The summed E-state index contributed by atoms with van der Waals surface area (Å²) < 4.78 is 32.9. The highest BCUT2D eigenvalue weighted by Gasteiger charge is 2.44. The summed E-state index contributed by atoms with van der Waals surface area (Å²) in [5.74, 6) is -0.884. The molecule has 3 rings (SSSR count). The Morgan fingerprint density at radius 2 is 1.62 bits per heavy atom. The van der Waals surface area contributed by atoms with E-state index in [4.69, 9.17) is 10.5 Å². The van der Waals surface area contributed by atoms with Crippen LogP contribution in [0.15, 0.2) is 60.7 Å². The van der Waals surface area contributed by atoms with Crippen LogP contribution in [0.2, 0.25) is 0 Å². The SMILES string of the molecule is NCCNC(=O)C1N(C(=O)OCc2ccccc2)CCCN1S(=O)(=O)Cc1ccccc1. The quantitative estimate of drug-likeness (QED) is 0.612. The zero-order valence-electron chi connectivity index (χ0n) is 17.7. The molecule has 1 aliphatic rings. The molecule has 10 heteroatoms. The number of ether oxygens (including phenoxy) is 1. The van der Waals surface area contributed by atoms with Gasteiger partial charge in [0.25, 0.3) is 5.91 Å². The Morgan fingerprint density at radius 1 is 1.00 bits per heavy atom. The number of sulfonamides is 1. The second-order valence-corrected chi connectivity index (χ2v) is 9.31. The largest absolute Gasteiger partial charge is 0.444 e. The van der Waals surface area contributed by atoms with E-state index in [0.29, 0.717) is 12.0 Å². The van der Waals surface area contributed by atoms with Crippen LogP contribution in [0.3, 0.4) is 0 Å². The third-order valence-corrected chi connectivity index (χ3v) is 6.81. The van der Waals surface area contributed by atoms with Crippen LogP contribution in [0.5, 0.6) is 0 Å². The minimum atomic E-state index is -3.90. The van der Waals surface area contributed by atoms with Gasteiger partial charge in [0.05, 0.1) is 5.75 Å². The van der Waals surface area contributed by atoms with Crippen molar-refractivity contribution in [2.75, 3.05) is 26.2 Å². The van der Waals surface area contributed by atoms with Crippen molar-refractivity contribution in [3.63, 3.8) is 0 Å². The van der Waals surface area contributed by atoms with Gasteiger partial charge in [0.2, 0.25) is 10.0 Å². The van der Waals surface area contributed by atoms with E-state index >= 15 is 0 Å². The molecule has 0 radical (unpaired) electrons. The standard InChI is InChI=1S/C22H28N4O5S/c23-12-13-24-20(27)21-25(22(28)31-16-18-8-3-1-4-9-18)14-7-15-26(21)32(29,30)17-19-10-5-2-6-11-19/h1-6,8-11,21H,7,12-17,23H2,(H,24,27). The Labute approximate surface area is 188 Å². The van der Waals surface area contributed by atoms with E-state index in [0.717, 1.165) is 9.87 Å². The molecule has 0 bridgehead atoms. The molecule has 32 heavy (non-hydrogen) atoms. The average molecular weight is 461 g/mol. The van der Waals surface area contributed by atoms with E-state index in [9.17, 15) is 18.0 Å². The number of rotatable bonds is 8. The maximum Gasteiger partial charge on any atom is 0.411 e. The van der Waals surface area contributed by atoms with Crippen molar-refractivity contribution in [1.29, 1.82) is 0 Å². The maximum absolute atomic E-state index is 13.2. The number of hydrogen-bond acceptors (Lipinski definition) is 6. The highest BCUT2D eigenvalue weighted by Crippen LogP contribution is 2.23. The molecule has 1 heterocycles. The van der Waals surface area contributed by atoms with E-state index in [-0.39, 0.29) is 38.5 Å². The Morgan fingerprint density at radius 3 is 2.25 bits per heavy atom. The molecule has 1 aliphatic heterocycles. The molecule has 9 nitrogen and oxygen atoms in total. The van der Waals surface area contributed by atoms with Crippen molar-refractivity contribution in [1.82, 2.24) is 14.5 Å². The number of carbonyl (C=O) groups excluding carboxylic acids is 2. The Balaban J connectivity index is 1.82. The van der Waals surface area contributed by atoms with Crippen molar-refractivity contribution in [2.45, 2.75) is 24.9 Å². The molecular weight excluding hydrogens is 432 g/mol. The minimum absolute atomic E-state index is 0.0179. The lowest BCUT2D eigenvalue weighted by molar-refractivity contribution is -0.131. The first-order valence-electron chi connectivity index (χ1n) is 10.4. The highest BCUT2D eigenvalue weighted by molar-refractivity contribution is 7.88. The molecule has 2 amide bonds. The first kappa shape index (κ1) is 23.7. The van der Waals surface area contributed by atoms with Crippen LogP contribution in [-0.4, -0.2) is 62.0 Å². The van der Waals surface area contributed by atoms with Gasteiger partial charge in [0.1, 0.15) is 6.61 Å². The Kier molecular flexibility index (Phi) is 8.20. The molecule has 2 aromatic rings. The van der Waals surface area contributed by atoms with Crippen molar-refractivity contribution in [2.24, 2.45) is 5.73 Å². The van der Waals surface area contributed by atoms with E-state index in [1.54, 1.807) is 30.3 Å². The average Bonchev–Trinajstić information content (AvgIpc) is 2.81. The predicted octanol–water partition coefficient (Wildman–Crippen LogP) is 1.26. The minimum Gasteiger partial charge on any atom is -0.444 e. The number of nitrogens with two attached hydrogens (primary N) is 1. The normalized spacial score (nSPS) is 17.0. The second kappa shape index (κ2) is 11.1. The molecule has 2 aromatic carbocycles. The van der Waals surface area contributed by atoms with Crippen LogP contribution >= 0.6 is 0 Å². The van der Waals surface area contributed by atoms with Gasteiger partial charge in [-0.1, -0.05) is 60.7 Å². The molecular formula is C22H28N4O5S. The topological polar surface area (TPSA) is 122 Å². The van der Waals surface area contributed by atoms with E-state index in [1.807, 2.05) is 30.3 Å². The molecule has 172 valence electrons. The number of hydrogen-bond donors (Lipinski definition) is 2. The molecule has 3 N–H and O–H groups in total. The van der Waals surface area contributed by atoms with Crippen molar-refractivity contribution < 1.29 is 22.7 Å². The number of nitrogens with zero attached hydrogens (tertiary/aromatic N) is 2. The van der Waals surface area contributed by atoms with Crippen LogP contribution in [-0.2, 0) is 31.9 Å². The monoisotopic (exact) mass is 460 g/mol. The van der Waals surface area contributed by atoms with Crippen LogP contribution in [0, 0.1) is 0 Å². The Bertz CT molecular complexity index is 1000. The second-order valence-electron chi connectivity index (χ2n) is 7.39. The first-order chi connectivity index (χ1) is 15.4. The Hall–Kier alpha value is -2.95. The highest BCUT2D eigenvalue weighted by atomic mass is 32.2. The van der Waals surface area contributed by atoms with Gasteiger partial charge < -0.3 is 15.8 Å². The molecule has 0 aromatic heterocycles. The van der Waals surface area contributed by atoms with Crippen LogP contribution < -0.4 is 11.1 Å². The fraction of sp³-hybridized carbons (Fsp3) is 0.364. The molecule has 0 spiro atoms. The summed E-state index contributed by atoms with van der Waals surface area (Å²) >= 11 is 0. The number of nitrogens with one attached hydrogen (secondary N) is 1. The van der Waals surface area contributed by atoms with Gasteiger partial charge in [-0.15, -0.1) is 0 Å². The zero-order valence-corrected chi connectivity index (χ0v) is 18.5. The zero-order chi connectivity index (χ0) is 23.0. The van der Waals surface area contributed by atoms with Gasteiger partial charge in [0, 0.05) is 26.2 Å². The van der Waals surface area contributed by atoms with Gasteiger partial charge >= 0.3 is 6.09 Å². The van der Waals surface area contributed by atoms with Gasteiger partial charge in [-0.25, -0.2) is 13.2 Å². The molecule has 1 atom stereocenters. The van der Waals surface area contributed by atoms with Gasteiger partial charge in [-0.3, -0.25) is 9.69 Å². The molecule has 0 aliphatic carbocycles. The summed E-state index contributed by atoms with van der Waals surface area (Å²) in [6.45, 7) is 0.691. The molecule has 0 saturated carbocycles. The summed E-state index contributed by atoms with van der Waals surface area (Å²) in [4.78, 5) is 27.0. The lowest BCUT2D eigenvalue weighted by Gasteiger charge is -2.41. The van der Waals surface area contributed by atoms with Gasteiger partial charge in [-0.05, 0) is 17.5 Å².